The smallest absolute Gasteiger partial charge is 0.224 e. The van der Waals surface area contributed by atoms with Crippen molar-refractivity contribution >= 4 is 16.9 Å². The maximum atomic E-state index is 12.8. The number of pyridine rings is 1. The Balaban J connectivity index is 1.67. The van der Waals surface area contributed by atoms with Gasteiger partial charge in [0, 0.05) is 31.4 Å². The molecule has 22 heavy (non-hydrogen) atoms. The Labute approximate surface area is 127 Å². The second-order valence-corrected chi connectivity index (χ2v) is 5.22. The Hall–Kier alpha value is -2.69. The van der Waals surface area contributed by atoms with Crippen molar-refractivity contribution in [1.82, 2.24) is 14.9 Å². The molecular weight excluding hydrogens is 281 g/mol. The summed E-state index contributed by atoms with van der Waals surface area (Å²) in [6.45, 7) is 0.391. The highest BCUT2D eigenvalue weighted by Gasteiger charge is 2.11. The Bertz CT molecular complexity index is 808. The number of aromatic nitrogens is 2. The van der Waals surface area contributed by atoms with Crippen LogP contribution in [0.25, 0.3) is 11.0 Å². The van der Waals surface area contributed by atoms with Crippen LogP contribution in [-0.2, 0) is 24.8 Å². The summed E-state index contributed by atoms with van der Waals surface area (Å²) in [7, 11) is 1.91. The summed E-state index contributed by atoms with van der Waals surface area (Å²) in [6.07, 6.45) is 3.96. The van der Waals surface area contributed by atoms with E-state index in [1.807, 2.05) is 29.9 Å². The first kappa shape index (κ1) is 14.3. The van der Waals surface area contributed by atoms with Gasteiger partial charge in [-0.2, -0.15) is 0 Å². The molecule has 4 nitrogen and oxygen atoms in total. The first-order valence-corrected chi connectivity index (χ1v) is 7.03. The number of hydrogen-bond acceptors (Lipinski definition) is 2. The highest BCUT2D eigenvalue weighted by atomic mass is 19.1. The first-order valence-electron chi connectivity index (χ1n) is 7.03. The van der Waals surface area contributed by atoms with E-state index in [-0.39, 0.29) is 11.7 Å². The first-order chi connectivity index (χ1) is 10.6. The molecule has 0 atom stereocenters. The molecule has 1 aromatic carbocycles. The number of aryl methyl sites for hydroxylation is 1. The molecule has 0 fully saturated rings. The van der Waals surface area contributed by atoms with Crippen LogP contribution in [0.4, 0.5) is 4.39 Å². The van der Waals surface area contributed by atoms with E-state index in [0.717, 1.165) is 22.2 Å². The fourth-order valence-corrected chi connectivity index (χ4v) is 2.47. The van der Waals surface area contributed by atoms with Crippen LogP contribution >= 0.6 is 0 Å². The number of halogens is 1. The van der Waals surface area contributed by atoms with Crippen LogP contribution in [0.2, 0.25) is 0 Å². The standard InChI is InChI=1S/C17H16FN3O/c1-21-11-13(15-3-2-8-19-17(15)21)9-16(22)20-10-12-4-6-14(18)7-5-12/h2-8,11H,9-10H2,1H3,(H,20,22). The number of nitrogens with zero attached hydrogens (tertiary/aromatic N) is 2. The van der Waals surface area contributed by atoms with Crippen LogP contribution in [0.1, 0.15) is 11.1 Å². The third kappa shape index (κ3) is 2.98. The SMILES string of the molecule is Cn1cc(CC(=O)NCc2ccc(F)cc2)c2cccnc21. The van der Waals surface area contributed by atoms with E-state index in [4.69, 9.17) is 0 Å². The van der Waals surface area contributed by atoms with Gasteiger partial charge in [-0.1, -0.05) is 12.1 Å². The molecule has 2 heterocycles. The van der Waals surface area contributed by atoms with E-state index in [1.165, 1.54) is 12.1 Å². The molecule has 0 aliphatic rings. The normalized spacial score (nSPS) is 10.8. The molecular formula is C17H16FN3O. The molecule has 0 unspecified atom stereocenters. The Morgan fingerprint density at radius 2 is 2.05 bits per heavy atom. The average molecular weight is 297 g/mol. The van der Waals surface area contributed by atoms with Gasteiger partial charge in [-0.25, -0.2) is 9.37 Å². The lowest BCUT2D eigenvalue weighted by Crippen LogP contribution is -2.24. The molecule has 112 valence electrons. The Morgan fingerprint density at radius 3 is 2.82 bits per heavy atom. The highest BCUT2D eigenvalue weighted by Crippen LogP contribution is 2.18. The minimum atomic E-state index is -0.279. The van der Waals surface area contributed by atoms with E-state index in [9.17, 15) is 9.18 Å². The molecule has 0 aliphatic carbocycles. The second kappa shape index (κ2) is 5.97. The highest BCUT2D eigenvalue weighted by molar-refractivity contribution is 5.87. The fraction of sp³-hybridized carbons (Fsp3) is 0.176. The van der Waals surface area contributed by atoms with E-state index in [0.29, 0.717) is 13.0 Å². The van der Waals surface area contributed by atoms with Gasteiger partial charge >= 0.3 is 0 Å². The van der Waals surface area contributed by atoms with Gasteiger partial charge in [-0.15, -0.1) is 0 Å². The largest absolute Gasteiger partial charge is 0.352 e. The van der Waals surface area contributed by atoms with Gasteiger partial charge < -0.3 is 9.88 Å². The van der Waals surface area contributed by atoms with Crippen molar-refractivity contribution in [1.29, 1.82) is 0 Å². The zero-order valence-corrected chi connectivity index (χ0v) is 12.2. The molecule has 0 radical (unpaired) electrons. The molecule has 5 heteroatoms. The average Bonchev–Trinajstić information content (AvgIpc) is 2.83. The summed E-state index contributed by atoms with van der Waals surface area (Å²) in [4.78, 5) is 16.4. The number of rotatable bonds is 4. The topological polar surface area (TPSA) is 46.9 Å². The van der Waals surface area contributed by atoms with Crippen LogP contribution in [0.5, 0.6) is 0 Å². The lowest BCUT2D eigenvalue weighted by molar-refractivity contribution is -0.120. The van der Waals surface area contributed by atoms with Crippen LogP contribution < -0.4 is 5.32 Å². The van der Waals surface area contributed by atoms with Crippen molar-refractivity contribution in [3.8, 4) is 0 Å². The van der Waals surface area contributed by atoms with Gasteiger partial charge in [0.1, 0.15) is 11.5 Å². The van der Waals surface area contributed by atoms with E-state index < -0.39 is 0 Å². The van der Waals surface area contributed by atoms with Crippen LogP contribution in [0.3, 0.4) is 0 Å². The van der Waals surface area contributed by atoms with Crippen molar-refractivity contribution in [2.75, 3.05) is 0 Å². The number of amides is 1. The van der Waals surface area contributed by atoms with Gasteiger partial charge in [0.05, 0.1) is 6.42 Å². The summed E-state index contributed by atoms with van der Waals surface area (Å²) >= 11 is 0. The van der Waals surface area contributed by atoms with Crippen LogP contribution in [-0.4, -0.2) is 15.5 Å². The molecule has 0 aliphatic heterocycles. The molecule has 2 aromatic heterocycles. The molecule has 3 rings (SSSR count). The maximum absolute atomic E-state index is 12.8. The number of benzene rings is 1. The molecule has 3 aromatic rings. The summed E-state index contributed by atoms with van der Waals surface area (Å²) in [6, 6.07) is 9.93. The number of carbonyl (C=O) groups excluding carboxylic acids is 1. The fourth-order valence-electron chi connectivity index (χ4n) is 2.47. The number of hydrogen-bond donors (Lipinski definition) is 1. The van der Waals surface area contributed by atoms with Crippen molar-refractivity contribution in [2.45, 2.75) is 13.0 Å². The quantitative estimate of drug-likeness (QED) is 0.804. The predicted octanol–water partition coefficient (Wildman–Crippen LogP) is 2.57. The summed E-state index contributed by atoms with van der Waals surface area (Å²) in [5.41, 5.74) is 2.68. The number of carbonyl (C=O) groups is 1. The monoisotopic (exact) mass is 297 g/mol. The van der Waals surface area contributed by atoms with Gasteiger partial charge in [0.2, 0.25) is 5.91 Å². The molecule has 0 saturated carbocycles. The van der Waals surface area contributed by atoms with Crippen LogP contribution in [0, 0.1) is 5.82 Å². The Morgan fingerprint density at radius 1 is 1.27 bits per heavy atom. The predicted molar refractivity (Wildman–Crippen MR) is 82.7 cm³/mol. The Kier molecular flexibility index (Phi) is 3.87. The van der Waals surface area contributed by atoms with Gasteiger partial charge in [-0.05, 0) is 35.4 Å². The van der Waals surface area contributed by atoms with Crippen molar-refractivity contribution in [2.24, 2.45) is 7.05 Å². The van der Waals surface area contributed by atoms with Crippen molar-refractivity contribution in [3.05, 3.63) is 65.7 Å². The zero-order valence-electron chi connectivity index (χ0n) is 12.2. The third-order valence-electron chi connectivity index (χ3n) is 3.57. The minimum absolute atomic E-state index is 0.0688. The second-order valence-electron chi connectivity index (χ2n) is 5.22. The number of nitrogens with one attached hydrogen (secondary N) is 1. The van der Waals surface area contributed by atoms with E-state index in [2.05, 4.69) is 10.3 Å². The van der Waals surface area contributed by atoms with E-state index >= 15 is 0 Å². The van der Waals surface area contributed by atoms with Gasteiger partial charge in [0.25, 0.3) is 0 Å². The van der Waals surface area contributed by atoms with Crippen LogP contribution in [0.15, 0.2) is 48.8 Å². The summed E-state index contributed by atoms with van der Waals surface area (Å²) < 4.78 is 14.7. The summed E-state index contributed by atoms with van der Waals surface area (Å²) in [5.74, 6) is -0.348. The molecule has 1 N–H and O–H groups in total. The zero-order chi connectivity index (χ0) is 15.5. The van der Waals surface area contributed by atoms with E-state index in [1.54, 1.807) is 18.3 Å². The lowest BCUT2D eigenvalue weighted by atomic mass is 10.1. The van der Waals surface area contributed by atoms with Crippen molar-refractivity contribution < 1.29 is 9.18 Å². The molecule has 0 spiro atoms. The van der Waals surface area contributed by atoms with Gasteiger partial charge in [0.15, 0.2) is 0 Å². The van der Waals surface area contributed by atoms with Crippen molar-refractivity contribution in [3.63, 3.8) is 0 Å². The third-order valence-corrected chi connectivity index (χ3v) is 3.57. The minimum Gasteiger partial charge on any atom is -0.352 e. The molecule has 0 bridgehead atoms. The summed E-state index contributed by atoms with van der Waals surface area (Å²) in [5, 5.41) is 3.84. The van der Waals surface area contributed by atoms with Gasteiger partial charge in [-0.3, -0.25) is 4.79 Å². The molecule has 0 saturated heterocycles. The lowest BCUT2D eigenvalue weighted by Gasteiger charge is -2.05. The molecule has 1 amide bonds. The maximum Gasteiger partial charge on any atom is 0.224 e. The number of fused-ring (bicyclic) bond motifs is 1.